The van der Waals surface area contributed by atoms with Crippen molar-refractivity contribution < 1.29 is 23.9 Å². The summed E-state index contributed by atoms with van der Waals surface area (Å²) in [6.45, 7) is 0.170. The Labute approximate surface area is 114 Å². The zero-order valence-electron chi connectivity index (χ0n) is 11.0. The summed E-state index contributed by atoms with van der Waals surface area (Å²) in [5.74, 6) is -1.62. The van der Waals surface area contributed by atoms with Gasteiger partial charge in [0.15, 0.2) is 0 Å². The van der Waals surface area contributed by atoms with E-state index >= 15 is 0 Å². The highest BCUT2D eigenvalue weighted by molar-refractivity contribution is 5.98. The molecule has 2 rings (SSSR count). The van der Waals surface area contributed by atoms with Gasteiger partial charge in [-0.3, -0.25) is 14.5 Å². The predicted octanol–water partition coefficient (Wildman–Crippen LogP) is -0.211. The molecule has 0 bridgehead atoms. The summed E-state index contributed by atoms with van der Waals surface area (Å²) in [5.41, 5.74) is 0.187. The van der Waals surface area contributed by atoms with Crippen LogP contribution < -0.4 is 4.90 Å². The summed E-state index contributed by atoms with van der Waals surface area (Å²) < 4.78 is 9.14. The standard InChI is InChI=1S/C12H13N3O5/c1-19-10(17)7-3-9(16)15(6-7)12-13-4-8(5-14-12)11(18)20-2/h4-5,7H,3,6H2,1-2H3. The molecule has 8 nitrogen and oxygen atoms in total. The lowest BCUT2D eigenvalue weighted by atomic mass is 10.1. The number of rotatable bonds is 3. The molecule has 0 aliphatic carbocycles. The van der Waals surface area contributed by atoms with Gasteiger partial charge in [-0.05, 0) is 0 Å². The molecule has 0 aromatic carbocycles. The minimum Gasteiger partial charge on any atom is -0.469 e. The molecule has 1 saturated heterocycles. The monoisotopic (exact) mass is 279 g/mol. The summed E-state index contributed by atoms with van der Waals surface area (Å²) in [6, 6.07) is 0. The van der Waals surface area contributed by atoms with E-state index in [-0.39, 0.29) is 30.4 Å². The number of methoxy groups -OCH3 is 2. The molecule has 1 fully saturated rings. The molecule has 8 heteroatoms. The number of ether oxygens (including phenoxy) is 2. The van der Waals surface area contributed by atoms with Gasteiger partial charge in [-0.2, -0.15) is 0 Å². The van der Waals surface area contributed by atoms with Gasteiger partial charge in [0.05, 0.1) is 25.7 Å². The molecule has 2 heterocycles. The maximum Gasteiger partial charge on any atom is 0.341 e. The van der Waals surface area contributed by atoms with E-state index in [1.165, 1.54) is 31.5 Å². The molecule has 1 aromatic heterocycles. The van der Waals surface area contributed by atoms with Gasteiger partial charge >= 0.3 is 11.9 Å². The van der Waals surface area contributed by atoms with Crippen LogP contribution in [0.2, 0.25) is 0 Å². The Morgan fingerprint density at radius 3 is 2.45 bits per heavy atom. The average molecular weight is 279 g/mol. The third kappa shape index (κ3) is 2.58. The second kappa shape index (κ2) is 5.64. The largest absolute Gasteiger partial charge is 0.469 e. The Kier molecular flexibility index (Phi) is 3.92. The topological polar surface area (TPSA) is 98.7 Å². The van der Waals surface area contributed by atoms with E-state index in [1.54, 1.807) is 0 Å². The number of nitrogens with zero attached hydrogens (tertiary/aromatic N) is 3. The zero-order valence-corrected chi connectivity index (χ0v) is 11.0. The van der Waals surface area contributed by atoms with E-state index in [0.29, 0.717) is 0 Å². The number of hydrogen-bond donors (Lipinski definition) is 0. The Bertz CT molecular complexity index is 543. The molecule has 1 atom stereocenters. The van der Waals surface area contributed by atoms with Gasteiger partial charge in [-0.15, -0.1) is 0 Å². The van der Waals surface area contributed by atoms with Crippen LogP contribution in [0.4, 0.5) is 5.95 Å². The maximum absolute atomic E-state index is 11.8. The number of anilines is 1. The van der Waals surface area contributed by atoms with E-state index in [1.807, 2.05) is 0 Å². The average Bonchev–Trinajstić information content (AvgIpc) is 2.87. The zero-order chi connectivity index (χ0) is 14.7. The maximum atomic E-state index is 11.8. The second-order valence-corrected chi connectivity index (χ2v) is 4.19. The van der Waals surface area contributed by atoms with Crippen LogP contribution in [0.15, 0.2) is 12.4 Å². The van der Waals surface area contributed by atoms with Gasteiger partial charge in [0.1, 0.15) is 0 Å². The Hall–Kier alpha value is -2.51. The first-order chi connectivity index (χ1) is 9.56. The van der Waals surface area contributed by atoms with Crippen molar-refractivity contribution in [2.75, 3.05) is 25.7 Å². The molecule has 0 N–H and O–H groups in total. The first-order valence-corrected chi connectivity index (χ1v) is 5.85. The lowest BCUT2D eigenvalue weighted by Gasteiger charge is -2.13. The second-order valence-electron chi connectivity index (χ2n) is 4.19. The van der Waals surface area contributed by atoms with Gasteiger partial charge in [0.2, 0.25) is 11.9 Å². The molecule has 1 unspecified atom stereocenters. The quantitative estimate of drug-likeness (QED) is 0.706. The van der Waals surface area contributed by atoms with Crippen LogP contribution in [0.5, 0.6) is 0 Å². The van der Waals surface area contributed by atoms with Crippen LogP contribution >= 0.6 is 0 Å². The van der Waals surface area contributed by atoms with Gasteiger partial charge in [-0.25, -0.2) is 14.8 Å². The third-order valence-corrected chi connectivity index (χ3v) is 2.96. The lowest BCUT2D eigenvalue weighted by Crippen LogP contribution is -2.28. The van der Waals surface area contributed by atoms with Crippen molar-refractivity contribution in [3.8, 4) is 0 Å². The van der Waals surface area contributed by atoms with Gasteiger partial charge in [0.25, 0.3) is 0 Å². The van der Waals surface area contributed by atoms with Crippen LogP contribution in [0.3, 0.4) is 0 Å². The summed E-state index contributed by atoms with van der Waals surface area (Å²) in [6.07, 6.45) is 2.61. The number of carbonyl (C=O) groups is 3. The van der Waals surface area contributed by atoms with Crippen LogP contribution in [0.1, 0.15) is 16.8 Å². The summed E-state index contributed by atoms with van der Waals surface area (Å²) in [5, 5.41) is 0. The van der Waals surface area contributed by atoms with Crippen molar-refractivity contribution in [2.45, 2.75) is 6.42 Å². The first kappa shape index (κ1) is 13.9. The highest BCUT2D eigenvalue weighted by atomic mass is 16.5. The normalized spacial score (nSPS) is 18.0. The van der Waals surface area contributed by atoms with Crippen molar-refractivity contribution in [3.05, 3.63) is 18.0 Å². The summed E-state index contributed by atoms with van der Waals surface area (Å²) in [7, 11) is 2.53. The number of carbonyl (C=O) groups excluding carboxylic acids is 3. The lowest BCUT2D eigenvalue weighted by molar-refractivity contribution is -0.145. The van der Waals surface area contributed by atoms with Gasteiger partial charge < -0.3 is 9.47 Å². The van der Waals surface area contributed by atoms with Crippen molar-refractivity contribution in [1.82, 2.24) is 9.97 Å². The van der Waals surface area contributed by atoms with E-state index in [0.717, 1.165) is 0 Å². The molecule has 1 aliphatic rings. The first-order valence-electron chi connectivity index (χ1n) is 5.85. The summed E-state index contributed by atoms with van der Waals surface area (Å²) in [4.78, 5) is 43.7. The van der Waals surface area contributed by atoms with E-state index in [4.69, 9.17) is 0 Å². The predicted molar refractivity (Wildman–Crippen MR) is 65.8 cm³/mol. The van der Waals surface area contributed by atoms with Gasteiger partial charge in [-0.1, -0.05) is 0 Å². The van der Waals surface area contributed by atoms with Crippen LogP contribution in [-0.2, 0) is 19.1 Å². The number of hydrogen-bond acceptors (Lipinski definition) is 7. The van der Waals surface area contributed by atoms with E-state index in [9.17, 15) is 14.4 Å². The van der Waals surface area contributed by atoms with Crippen molar-refractivity contribution >= 4 is 23.8 Å². The van der Waals surface area contributed by atoms with Crippen molar-refractivity contribution in [2.24, 2.45) is 5.92 Å². The minimum atomic E-state index is -0.559. The number of amides is 1. The fourth-order valence-corrected chi connectivity index (χ4v) is 1.91. The van der Waals surface area contributed by atoms with Crippen LogP contribution in [-0.4, -0.2) is 48.6 Å². The molecule has 0 spiro atoms. The van der Waals surface area contributed by atoms with Crippen LogP contribution in [0, 0.1) is 5.92 Å². The Morgan fingerprint density at radius 1 is 1.25 bits per heavy atom. The molecule has 1 amide bonds. The molecule has 106 valence electrons. The minimum absolute atomic E-state index is 0.0643. The smallest absolute Gasteiger partial charge is 0.341 e. The molecular weight excluding hydrogens is 266 g/mol. The van der Waals surface area contributed by atoms with Crippen LogP contribution in [0.25, 0.3) is 0 Å². The Balaban J connectivity index is 2.14. The third-order valence-electron chi connectivity index (χ3n) is 2.96. The fourth-order valence-electron chi connectivity index (χ4n) is 1.91. The highest BCUT2D eigenvalue weighted by Gasteiger charge is 2.37. The molecule has 1 aromatic rings. The van der Waals surface area contributed by atoms with Crippen molar-refractivity contribution in [3.63, 3.8) is 0 Å². The molecule has 0 saturated carbocycles. The molecule has 20 heavy (non-hydrogen) atoms. The fraction of sp³-hybridized carbons (Fsp3) is 0.417. The SMILES string of the molecule is COC(=O)c1cnc(N2CC(C(=O)OC)CC2=O)nc1. The van der Waals surface area contributed by atoms with Gasteiger partial charge in [0, 0.05) is 25.4 Å². The number of aromatic nitrogens is 2. The highest BCUT2D eigenvalue weighted by Crippen LogP contribution is 2.22. The van der Waals surface area contributed by atoms with E-state index < -0.39 is 17.9 Å². The molecule has 0 radical (unpaired) electrons. The molecular formula is C12H13N3O5. The van der Waals surface area contributed by atoms with E-state index in [2.05, 4.69) is 19.4 Å². The number of esters is 2. The Morgan fingerprint density at radius 2 is 1.90 bits per heavy atom. The summed E-state index contributed by atoms with van der Waals surface area (Å²) >= 11 is 0. The van der Waals surface area contributed by atoms with Crippen molar-refractivity contribution in [1.29, 1.82) is 0 Å². The molecule has 1 aliphatic heterocycles.